The zero-order chi connectivity index (χ0) is 19.3. The topological polar surface area (TPSA) is 57.5 Å². The summed E-state index contributed by atoms with van der Waals surface area (Å²) in [5, 5.41) is 11.6. The molecule has 2 N–H and O–H groups in total. The summed E-state index contributed by atoms with van der Waals surface area (Å²) in [6.45, 7) is 14.4. The quantitative estimate of drug-likeness (QED) is 0.602. The van der Waals surface area contributed by atoms with E-state index in [2.05, 4.69) is 60.2 Å². The first kappa shape index (κ1) is 20.7. The number of hydrogen-bond donors (Lipinski definition) is 2. The number of guanidine groups is 1. The highest BCUT2D eigenvalue weighted by Gasteiger charge is 2.21. The summed E-state index contributed by atoms with van der Waals surface area (Å²) in [5.74, 6) is 1.70. The SMILES string of the molecule is CN=C(NCC(C)N1CCCC(C)C1)NC(C)Cc1c(C)nn(C)c1C. The molecular weight excluding hydrogens is 324 g/mol. The first-order valence-electron chi connectivity index (χ1n) is 10.0. The van der Waals surface area contributed by atoms with E-state index in [0.717, 1.165) is 30.5 Å². The number of aryl methyl sites for hydroxylation is 2. The highest BCUT2D eigenvalue weighted by Crippen LogP contribution is 2.17. The van der Waals surface area contributed by atoms with E-state index in [1.165, 1.54) is 37.2 Å². The molecule has 1 aliphatic heterocycles. The lowest BCUT2D eigenvalue weighted by Gasteiger charge is -2.36. The van der Waals surface area contributed by atoms with Crippen LogP contribution in [0.4, 0.5) is 0 Å². The molecule has 3 unspecified atom stereocenters. The summed E-state index contributed by atoms with van der Waals surface area (Å²) in [4.78, 5) is 7.00. The molecule has 0 bridgehead atoms. The molecule has 1 aromatic rings. The summed E-state index contributed by atoms with van der Waals surface area (Å²) in [5.41, 5.74) is 3.69. The smallest absolute Gasteiger partial charge is 0.191 e. The number of nitrogens with one attached hydrogen (secondary N) is 2. The van der Waals surface area contributed by atoms with Crippen molar-refractivity contribution in [3.63, 3.8) is 0 Å². The Hall–Kier alpha value is -1.56. The van der Waals surface area contributed by atoms with Gasteiger partial charge in [0.15, 0.2) is 5.96 Å². The van der Waals surface area contributed by atoms with Gasteiger partial charge in [-0.1, -0.05) is 6.92 Å². The molecule has 1 aromatic heterocycles. The average molecular weight is 363 g/mol. The Labute approximate surface area is 159 Å². The molecule has 6 heteroatoms. The molecule has 0 spiro atoms. The second-order valence-corrected chi connectivity index (χ2v) is 8.07. The third kappa shape index (κ3) is 5.47. The Morgan fingerprint density at radius 1 is 1.35 bits per heavy atom. The van der Waals surface area contributed by atoms with Crippen LogP contribution in [0.5, 0.6) is 0 Å². The van der Waals surface area contributed by atoms with Gasteiger partial charge in [0.25, 0.3) is 0 Å². The molecule has 0 amide bonds. The molecule has 148 valence electrons. The summed E-state index contributed by atoms with van der Waals surface area (Å²) in [7, 11) is 3.85. The number of aromatic nitrogens is 2. The molecule has 6 nitrogen and oxygen atoms in total. The maximum Gasteiger partial charge on any atom is 0.191 e. The lowest BCUT2D eigenvalue weighted by atomic mass is 9.99. The second kappa shape index (κ2) is 9.40. The number of piperidine rings is 1. The highest BCUT2D eigenvalue weighted by atomic mass is 15.3. The van der Waals surface area contributed by atoms with E-state index in [0.29, 0.717) is 12.1 Å². The van der Waals surface area contributed by atoms with Gasteiger partial charge in [0.05, 0.1) is 5.69 Å². The van der Waals surface area contributed by atoms with E-state index in [1.807, 2.05) is 18.8 Å². The zero-order valence-electron chi connectivity index (χ0n) is 17.8. The lowest BCUT2D eigenvalue weighted by Crippen LogP contribution is -2.50. The van der Waals surface area contributed by atoms with Crippen LogP contribution in [0, 0.1) is 19.8 Å². The van der Waals surface area contributed by atoms with E-state index < -0.39 is 0 Å². The summed E-state index contributed by atoms with van der Waals surface area (Å²) >= 11 is 0. The van der Waals surface area contributed by atoms with Crippen molar-refractivity contribution in [1.82, 2.24) is 25.3 Å². The van der Waals surface area contributed by atoms with E-state index in [1.54, 1.807) is 0 Å². The van der Waals surface area contributed by atoms with Crippen LogP contribution in [-0.2, 0) is 13.5 Å². The van der Waals surface area contributed by atoms with Crippen molar-refractivity contribution in [1.29, 1.82) is 0 Å². The molecule has 0 saturated carbocycles. The van der Waals surface area contributed by atoms with E-state index >= 15 is 0 Å². The molecular formula is C20H38N6. The molecule has 1 fully saturated rings. The van der Waals surface area contributed by atoms with Crippen LogP contribution in [-0.4, -0.2) is 59.4 Å². The Morgan fingerprint density at radius 3 is 2.65 bits per heavy atom. The standard InChI is InChI=1S/C20H38N6/c1-14-9-8-10-26(13-14)16(3)12-22-20(21-6)23-15(2)11-19-17(4)24-25(7)18(19)5/h14-16H,8-13H2,1-7H3,(H2,21,22,23). The minimum Gasteiger partial charge on any atom is -0.355 e. The summed E-state index contributed by atoms with van der Waals surface area (Å²) in [6.07, 6.45) is 3.63. The molecule has 1 saturated heterocycles. The maximum absolute atomic E-state index is 4.52. The predicted molar refractivity (Wildman–Crippen MR) is 110 cm³/mol. The minimum atomic E-state index is 0.299. The van der Waals surface area contributed by atoms with Crippen molar-refractivity contribution in [2.45, 2.75) is 66.0 Å². The summed E-state index contributed by atoms with van der Waals surface area (Å²) < 4.78 is 1.96. The molecule has 1 aliphatic rings. The monoisotopic (exact) mass is 362 g/mol. The van der Waals surface area contributed by atoms with Gasteiger partial charge in [-0.15, -0.1) is 0 Å². The van der Waals surface area contributed by atoms with Crippen LogP contribution in [0.2, 0.25) is 0 Å². The lowest BCUT2D eigenvalue weighted by molar-refractivity contribution is 0.139. The van der Waals surface area contributed by atoms with Gasteiger partial charge in [0.2, 0.25) is 0 Å². The van der Waals surface area contributed by atoms with Gasteiger partial charge in [-0.05, 0) is 65.0 Å². The van der Waals surface area contributed by atoms with Gasteiger partial charge in [-0.3, -0.25) is 14.6 Å². The zero-order valence-corrected chi connectivity index (χ0v) is 17.8. The van der Waals surface area contributed by atoms with Crippen LogP contribution >= 0.6 is 0 Å². The van der Waals surface area contributed by atoms with Crippen molar-refractivity contribution in [3.05, 3.63) is 17.0 Å². The van der Waals surface area contributed by atoms with Crippen LogP contribution < -0.4 is 10.6 Å². The Kier molecular flexibility index (Phi) is 7.50. The van der Waals surface area contributed by atoms with Crippen LogP contribution in [0.15, 0.2) is 4.99 Å². The fraction of sp³-hybridized carbons (Fsp3) is 0.800. The van der Waals surface area contributed by atoms with E-state index in [9.17, 15) is 0 Å². The van der Waals surface area contributed by atoms with Gasteiger partial charge in [-0.2, -0.15) is 5.10 Å². The van der Waals surface area contributed by atoms with Crippen molar-refractivity contribution in [2.75, 3.05) is 26.7 Å². The van der Waals surface area contributed by atoms with E-state index in [-0.39, 0.29) is 0 Å². The first-order valence-corrected chi connectivity index (χ1v) is 10.0. The maximum atomic E-state index is 4.52. The first-order chi connectivity index (χ1) is 12.3. The van der Waals surface area contributed by atoms with Crippen molar-refractivity contribution >= 4 is 5.96 Å². The van der Waals surface area contributed by atoms with Gasteiger partial charge < -0.3 is 10.6 Å². The Balaban J connectivity index is 1.83. The van der Waals surface area contributed by atoms with Crippen molar-refractivity contribution in [3.8, 4) is 0 Å². The number of likely N-dealkylation sites (tertiary alicyclic amines) is 1. The molecule has 0 radical (unpaired) electrons. The van der Waals surface area contributed by atoms with Gasteiger partial charge in [0.1, 0.15) is 0 Å². The normalized spacial score (nSPS) is 21.5. The predicted octanol–water partition coefficient (Wildman–Crippen LogP) is 2.25. The van der Waals surface area contributed by atoms with E-state index in [4.69, 9.17) is 0 Å². The van der Waals surface area contributed by atoms with Gasteiger partial charge in [0, 0.05) is 45.0 Å². The van der Waals surface area contributed by atoms with Gasteiger partial charge >= 0.3 is 0 Å². The number of nitrogens with zero attached hydrogens (tertiary/aromatic N) is 4. The van der Waals surface area contributed by atoms with Gasteiger partial charge in [-0.25, -0.2) is 0 Å². The fourth-order valence-electron chi connectivity index (χ4n) is 3.90. The molecule has 2 heterocycles. The Morgan fingerprint density at radius 2 is 2.08 bits per heavy atom. The van der Waals surface area contributed by atoms with Crippen LogP contribution in [0.25, 0.3) is 0 Å². The molecule has 0 aromatic carbocycles. The number of hydrogen-bond acceptors (Lipinski definition) is 3. The third-order valence-corrected chi connectivity index (χ3v) is 5.65. The Bertz CT molecular complexity index is 606. The van der Waals surface area contributed by atoms with Crippen LogP contribution in [0.1, 0.15) is 50.6 Å². The summed E-state index contributed by atoms with van der Waals surface area (Å²) in [6, 6.07) is 0.822. The highest BCUT2D eigenvalue weighted by molar-refractivity contribution is 5.80. The molecule has 3 atom stereocenters. The van der Waals surface area contributed by atoms with Crippen molar-refractivity contribution < 1.29 is 0 Å². The average Bonchev–Trinajstić information content (AvgIpc) is 2.84. The van der Waals surface area contributed by atoms with Crippen LogP contribution in [0.3, 0.4) is 0 Å². The fourth-order valence-corrected chi connectivity index (χ4v) is 3.90. The molecule has 2 rings (SSSR count). The number of aliphatic imine (C=N–C) groups is 1. The third-order valence-electron chi connectivity index (χ3n) is 5.65. The molecule has 0 aliphatic carbocycles. The second-order valence-electron chi connectivity index (χ2n) is 8.07. The van der Waals surface area contributed by atoms with Crippen molar-refractivity contribution in [2.24, 2.45) is 18.0 Å². The minimum absolute atomic E-state index is 0.299. The molecule has 26 heavy (non-hydrogen) atoms. The number of rotatable bonds is 6. The largest absolute Gasteiger partial charge is 0.355 e.